The van der Waals surface area contributed by atoms with Gasteiger partial charge in [-0.1, -0.05) is 0 Å². The van der Waals surface area contributed by atoms with Crippen LogP contribution in [-0.2, 0) is 4.74 Å². The van der Waals surface area contributed by atoms with E-state index in [1.807, 2.05) is 4.98 Å². The first-order chi connectivity index (χ1) is 9.47. The molecule has 10 heteroatoms. The first-order valence-electron chi connectivity index (χ1n) is 5.25. The molecule has 108 valence electrons. The molecule has 0 radical (unpaired) electrons. The van der Waals surface area contributed by atoms with E-state index < -0.39 is 29.5 Å². The molecule has 2 rings (SSSR count). The fourth-order valence-electron chi connectivity index (χ4n) is 1.05. The molecule has 0 bridgehead atoms. The van der Waals surface area contributed by atoms with E-state index in [1.165, 1.54) is 0 Å². The van der Waals surface area contributed by atoms with Gasteiger partial charge in [0.1, 0.15) is 0 Å². The highest BCUT2D eigenvalue weighted by molar-refractivity contribution is 5.87. The Morgan fingerprint density at radius 2 is 1.70 bits per heavy atom. The molecule has 0 saturated heterocycles. The summed E-state index contributed by atoms with van der Waals surface area (Å²) >= 11 is 0. The molecule has 0 aromatic carbocycles. The number of hydrogen-bond acceptors (Lipinski definition) is 5. The maximum Gasteiger partial charge on any atom is 0.361 e. The van der Waals surface area contributed by atoms with Gasteiger partial charge in [0.05, 0.1) is 19.3 Å². The number of carbonyl (C=O) groups excluding carboxylic acids is 1. The van der Waals surface area contributed by atoms with Crippen molar-refractivity contribution in [2.24, 2.45) is 0 Å². The molecule has 0 aliphatic heterocycles. The van der Waals surface area contributed by atoms with Gasteiger partial charge in [-0.2, -0.15) is 8.78 Å². The number of aromatic amines is 2. The standard InChI is InChI=1S/C6H7FN2O2.C4H3FN2O2/c1-2-11-6(10)4-5(7)9-3-8-4;5-3-2(4(8)9)6-1-7-3/h3H,2H2,1H3,(H,8,9);1H,(H,6,7)(H,8,9). The second-order valence-electron chi connectivity index (χ2n) is 3.16. The zero-order chi connectivity index (χ0) is 15.1. The van der Waals surface area contributed by atoms with Gasteiger partial charge in [-0.3, -0.25) is 0 Å². The van der Waals surface area contributed by atoms with Gasteiger partial charge >= 0.3 is 11.9 Å². The summed E-state index contributed by atoms with van der Waals surface area (Å²) in [5.41, 5.74) is -0.873. The van der Waals surface area contributed by atoms with E-state index in [-0.39, 0.29) is 12.3 Å². The summed E-state index contributed by atoms with van der Waals surface area (Å²) in [6.45, 7) is 1.85. The number of carboxylic acid groups (broad SMARTS) is 1. The van der Waals surface area contributed by atoms with Crippen molar-refractivity contribution < 1.29 is 28.2 Å². The van der Waals surface area contributed by atoms with Crippen LogP contribution >= 0.6 is 0 Å². The number of hydrogen-bond donors (Lipinski definition) is 3. The van der Waals surface area contributed by atoms with E-state index in [0.717, 1.165) is 12.7 Å². The SMILES string of the molecule is CCOC(=O)c1nc[nH]c1F.O=C(O)c1nc[nH]c1F. The first kappa shape index (κ1) is 15.3. The minimum absolute atomic E-state index is 0.213. The summed E-state index contributed by atoms with van der Waals surface area (Å²) in [5.74, 6) is -3.79. The van der Waals surface area contributed by atoms with Crippen LogP contribution in [-0.4, -0.2) is 43.6 Å². The Morgan fingerprint density at radius 1 is 1.20 bits per heavy atom. The lowest BCUT2D eigenvalue weighted by Gasteiger charge is -1.95. The van der Waals surface area contributed by atoms with Crippen molar-refractivity contribution in [2.75, 3.05) is 6.61 Å². The van der Waals surface area contributed by atoms with Crippen LogP contribution in [0.3, 0.4) is 0 Å². The van der Waals surface area contributed by atoms with Crippen LogP contribution < -0.4 is 0 Å². The zero-order valence-electron chi connectivity index (χ0n) is 10.2. The Kier molecular flexibility index (Phi) is 5.32. The molecule has 0 amide bonds. The number of aromatic carboxylic acids is 1. The number of H-pyrrole nitrogens is 2. The van der Waals surface area contributed by atoms with Gasteiger partial charge in [-0.05, 0) is 6.92 Å². The Labute approximate surface area is 110 Å². The number of rotatable bonds is 3. The average Bonchev–Trinajstić information content (AvgIpc) is 2.98. The minimum atomic E-state index is -1.37. The number of esters is 1. The zero-order valence-corrected chi connectivity index (χ0v) is 10.2. The molecule has 0 aliphatic carbocycles. The molecule has 0 fully saturated rings. The van der Waals surface area contributed by atoms with Crippen LogP contribution in [0.1, 0.15) is 27.9 Å². The van der Waals surface area contributed by atoms with Crippen molar-refractivity contribution in [3.63, 3.8) is 0 Å². The second kappa shape index (κ2) is 6.97. The molecule has 2 aromatic heterocycles. The number of halogens is 2. The molecular weight excluding hydrogens is 278 g/mol. The van der Waals surface area contributed by atoms with E-state index in [2.05, 4.69) is 19.7 Å². The van der Waals surface area contributed by atoms with Crippen LogP contribution in [0.4, 0.5) is 8.78 Å². The highest BCUT2D eigenvalue weighted by atomic mass is 19.1. The molecule has 0 atom stereocenters. The Morgan fingerprint density at radius 3 is 2.00 bits per heavy atom. The van der Waals surface area contributed by atoms with Crippen molar-refractivity contribution in [3.8, 4) is 0 Å². The number of carboxylic acids is 1. The van der Waals surface area contributed by atoms with Crippen molar-refractivity contribution >= 4 is 11.9 Å². The molecule has 0 spiro atoms. The summed E-state index contributed by atoms with van der Waals surface area (Å²) in [5, 5.41) is 8.13. The summed E-state index contributed by atoms with van der Waals surface area (Å²) in [4.78, 5) is 31.5. The van der Waals surface area contributed by atoms with Crippen molar-refractivity contribution in [2.45, 2.75) is 6.92 Å². The molecule has 0 aliphatic rings. The van der Waals surface area contributed by atoms with Crippen LogP contribution in [0.5, 0.6) is 0 Å². The monoisotopic (exact) mass is 288 g/mol. The quantitative estimate of drug-likeness (QED) is 0.724. The van der Waals surface area contributed by atoms with Crippen molar-refractivity contribution in [3.05, 3.63) is 35.9 Å². The molecular formula is C10H10F2N4O4. The largest absolute Gasteiger partial charge is 0.476 e. The Bertz CT molecular complexity index is 596. The third-order valence-corrected chi connectivity index (χ3v) is 1.86. The fourth-order valence-corrected chi connectivity index (χ4v) is 1.05. The van der Waals surface area contributed by atoms with Gasteiger partial charge in [-0.25, -0.2) is 19.6 Å². The number of carbonyl (C=O) groups is 2. The number of imidazole rings is 2. The summed E-state index contributed by atoms with van der Waals surface area (Å²) in [6, 6.07) is 0. The molecule has 20 heavy (non-hydrogen) atoms. The van der Waals surface area contributed by atoms with Gasteiger partial charge in [0.2, 0.25) is 23.3 Å². The lowest BCUT2D eigenvalue weighted by molar-refractivity contribution is 0.0513. The molecule has 0 saturated carbocycles. The molecule has 2 aromatic rings. The average molecular weight is 288 g/mol. The van der Waals surface area contributed by atoms with E-state index in [1.54, 1.807) is 6.92 Å². The third-order valence-electron chi connectivity index (χ3n) is 1.86. The third kappa shape index (κ3) is 3.86. The second-order valence-corrected chi connectivity index (χ2v) is 3.16. The first-order valence-corrected chi connectivity index (χ1v) is 5.25. The topological polar surface area (TPSA) is 121 Å². The maximum absolute atomic E-state index is 12.5. The van der Waals surface area contributed by atoms with E-state index in [9.17, 15) is 18.4 Å². The van der Waals surface area contributed by atoms with Gasteiger partial charge in [0, 0.05) is 0 Å². The smallest absolute Gasteiger partial charge is 0.361 e. The summed E-state index contributed by atoms with van der Waals surface area (Å²) < 4.78 is 29.1. The molecule has 3 N–H and O–H groups in total. The van der Waals surface area contributed by atoms with Gasteiger partial charge in [0.25, 0.3) is 0 Å². The van der Waals surface area contributed by atoms with Crippen LogP contribution in [0.25, 0.3) is 0 Å². The predicted molar refractivity (Wildman–Crippen MR) is 60.0 cm³/mol. The number of aromatic nitrogens is 4. The van der Waals surface area contributed by atoms with Crippen LogP contribution in [0, 0.1) is 11.9 Å². The predicted octanol–water partition coefficient (Wildman–Crippen LogP) is 0.973. The van der Waals surface area contributed by atoms with Gasteiger partial charge in [-0.15, -0.1) is 0 Å². The number of nitrogens with zero attached hydrogens (tertiary/aromatic N) is 2. The van der Waals surface area contributed by atoms with E-state index in [0.29, 0.717) is 0 Å². The van der Waals surface area contributed by atoms with Crippen LogP contribution in [0.2, 0.25) is 0 Å². The van der Waals surface area contributed by atoms with Gasteiger partial charge < -0.3 is 19.8 Å². The summed E-state index contributed by atoms with van der Waals surface area (Å²) in [7, 11) is 0. The maximum atomic E-state index is 12.5. The summed E-state index contributed by atoms with van der Waals surface area (Å²) in [6.07, 6.45) is 2.08. The van der Waals surface area contributed by atoms with Crippen molar-refractivity contribution in [1.29, 1.82) is 0 Å². The highest BCUT2D eigenvalue weighted by Crippen LogP contribution is 2.01. The Hall–Kier alpha value is -2.78. The normalized spacial score (nSPS) is 9.55. The lowest BCUT2D eigenvalue weighted by atomic mass is 10.5. The highest BCUT2D eigenvalue weighted by Gasteiger charge is 2.14. The molecule has 2 heterocycles. The van der Waals surface area contributed by atoms with E-state index >= 15 is 0 Å². The van der Waals surface area contributed by atoms with E-state index in [4.69, 9.17) is 5.11 Å². The van der Waals surface area contributed by atoms with Crippen molar-refractivity contribution in [1.82, 2.24) is 19.9 Å². The number of ether oxygens (including phenoxy) is 1. The minimum Gasteiger partial charge on any atom is -0.476 e. The number of nitrogens with one attached hydrogen (secondary N) is 2. The van der Waals surface area contributed by atoms with Crippen LogP contribution in [0.15, 0.2) is 12.7 Å². The van der Waals surface area contributed by atoms with Gasteiger partial charge in [0.15, 0.2) is 0 Å². The lowest BCUT2D eigenvalue weighted by Crippen LogP contribution is -2.06. The molecule has 8 nitrogen and oxygen atoms in total. The Balaban J connectivity index is 0.000000204. The molecule has 0 unspecified atom stereocenters. The fraction of sp³-hybridized carbons (Fsp3) is 0.200.